The van der Waals surface area contributed by atoms with Crippen LogP contribution in [-0.4, -0.2) is 22.4 Å². The summed E-state index contributed by atoms with van der Waals surface area (Å²) in [4.78, 5) is 0. The molecule has 20 heavy (non-hydrogen) atoms. The molecule has 0 aromatic carbocycles. The minimum atomic E-state index is -0.671. The number of aliphatic hydroxyl groups excluding tert-OH is 1. The van der Waals surface area contributed by atoms with Crippen molar-refractivity contribution >= 4 is 0 Å². The number of hydrogen-bond acceptors (Lipinski definition) is 2. The molecule has 0 radical (unpaired) electrons. The van der Waals surface area contributed by atoms with Crippen molar-refractivity contribution in [2.45, 2.75) is 96.0 Å². The Balaban J connectivity index is 3.08. The van der Waals surface area contributed by atoms with E-state index in [0.717, 1.165) is 19.3 Å². The summed E-state index contributed by atoms with van der Waals surface area (Å²) in [5.41, 5.74) is -0.671. The summed E-state index contributed by atoms with van der Waals surface area (Å²) < 4.78 is 0. The van der Waals surface area contributed by atoms with E-state index in [1.165, 1.54) is 64.2 Å². The van der Waals surface area contributed by atoms with Crippen molar-refractivity contribution in [2.24, 2.45) is 0 Å². The van der Waals surface area contributed by atoms with Crippen LogP contribution in [0.15, 0.2) is 12.7 Å². The van der Waals surface area contributed by atoms with Gasteiger partial charge in [0.25, 0.3) is 0 Å². The van der Waals surface area contributed by atoms with Crippen molar-refractivity contribution in [3.8, 4) is 0 Å². The maximum absolute atomic E-state index is 9.77. The molecule has 0 aromatic heterocycles. The van der Waals surface area contributed by atoms with E-state index < -0.39 is 5.60 Å². The maximum Gasteiger partial charge on any atom is 0.0797 e. The van der Waals surface area contributed by atoms with Gasteiger partial charge in [0.1, 0.15) is 0 Å². The highest BCUT2D eigenvalue weighted by molar-refractivity contribution is 4.91. The van der Waals surface area contributed by atoms with Crippen LogP contribution in [0.5, 0.6) is 0 Å². The molecule has 120 valence electrons. The first-order chi connectivity index (χ1) is 9.62. The smallest absolute Gasteiger partial charge is 0.0797 e. The fourth-order valence-corrected chi connectivity index (χ4v) is 2.46. The second kappa shape index (κ2) is 13.6. The lowest BCUT2D eigenvalue weighted by molar-refractivity contribution is 0.0988. The van der Waals surface area contributed by atoms with Crippen LogP contribution in [0, 0.1) is 0 Å². The molecule has 0 saturated heterocycles. The first-order valence-electron chi connectivity index (χ1n) is 8.59. The zero-order valence-electron chi connectivity index (χ0n) is 13.6. The fourth-order valence-electron chi connectivity index (χ4n) is 2.46. The summed E-state index contributed by atoms with van der Waals surface area (Å²) in [5.74, 6) is 0. The number of aliphatic hydroxyl groups is 2. The molecule has 0 fully saturated rings. The van der Waals surface area contributed by atoms with Crippen molar-refractivity contribution in [1.82, 2.24) is 0 Å². The van der Waals surface area contributed by atoms with Crippen molar-refractivity contribution < 1.29 is 10.2 Å². The summed E-state index contributed by atoms with van der Waals surface area (Å²) in [6.07, 6.45) is 17.7. The zero-order valence-corrected chi connectivity index (χ0v) is 13.6. The molecule has 2 heteroatoms. The number of hydrogen-bond donors (Lipinski definition) is 2. The lowest BCUT2D eigenvalue weighted by Gasteiger charge is -2.17. The number of rotatable bonds is 15. The lowest BCUT2D eigenvalue weighted by Crippen LogP contribution is -2.19. The Morgan fingerprint density at radius 3 is 1.45 bits per heavy atom. The normalized spacial score (nSPS) is 14.2. The summed E-state index contributed by atoms with van der Waals surface area (Å²) >= 11 is 0. The second-order valence-corrected chi connectivity index (χ2v) is 6.28. The Labute approximate surface area is 126 Å². The van der Waals surface area contributed by atoms with Gasteiger partial charge in [-0.15, -0.1) is 6.58 Å². The average molecular weight is 284 g/mol. The van der Waals surface area contributed by atoms with E-state index in [1.807, 2.05) is 6.92 Å². The van der Waals surface area contributed by atoms with Crippen molar-refractivity contribution in [1.29, 1.82) is 0 Å². The third-order valence-corrected chi connectivity index (χ3v) is 4.03. The van der Waals surface area contributed by atoms with E-state index in [0.29, 0.717) is 6.61 Å². The van der Waals surface area contributed by atoms with E-state index in [1.54, 1.807) is 6.08 Å². The molecule has 0 rings (SSSR count). The van der Waals surface area contributed by atoms with Crippen LogP contribution < -0.4 is 0 Å². The Kier molecular flexibility index (Phi) is 13.4. The molecule has 0 aliphatic heterocycles. The van der Waals surface area contributed by atoms with Gasteiger partial charge in [-0.25, -0.2) is 0 Å². The Morgan fingerprint density at radius 2 is 1.10 bits per heavy atom. The van der Waals surface area contributed by atoms with Crippen LogP contribution >= 0.6 is 0 Å². The minimum absolute atomic E-state index is 0.349. The van der Waals surface area contributed by atoms with Gasteiger partial charge in [-0.3, -0.25) is 0 Å². The second-order valence-electron chi connectivity index (χ2n) is 6.28. The molecule has 0 aliphatic carbocycles. The molecule has 0 amide bonds. The van der Waals surface area contributed by atoms with Gasteiger partial charge in [0.2, 0.25) is 0 Å². The van der Waals surface area contributed by atoms with Crippen LogP contribution in [0.2, 0.25) is 0 Å². The van der Waals surface area contributed by atoms with Crippen LogP contribution in [0.1, 0.15) is 90.4 Å². The molecular weight excluding hydrogens is 248 g/mol. The predicted octanol–water partition coefficient (Wildman–Crippen LogP) is 4.99. The Hall–Kier alpha value is -0.340. The highest BCUT2D eigenvalue weighted by atomic mass is 16.3. The highest BCUT2D eigenvalue weighted by Gasteiger charge is 2.13. The predicted molar refractivity (Wildman–Crippen MR) is 87.9 cm³/mol. The van der Waals surface area contributed by atoms with Gasteiger partial charge in [-0.2, -0.15) is 0 Å². The van der Waals surface area contributed by atoms with E-state index in [9.17, 15) is 5.11 Å². The summed E-state index contributed by atoms with van der Waals surface area (Å²) in [7, 11) is 0. The van der Waals surface area contributed by atoms with Crippen molar-refractivity contribution in [3.63, 3.8) is 0 Å². The average Bonchev–Trinajstić information content (AvgIpc) is 2.44. The molecule has 2 nitrogen and oxygen atoms in total. The van der Waals surface area contributed by atoms with Gasteiger partial charge in [-0.1, -0.05) is 76.7 Å². The topological polar surface area (TPSA) is 40.5 Å². The third kappa shape index (κ3) is 14.1. The molecule has 0 heterocycles. The van der Waals surface area contributed by atoms with Crippen LogP contribution in [-0.2, 0) is 0 Å². The molecule has 0 saturated carbocycles. The fraction of sp³-hybridized carbons (Fsp3) is 0.889. The molecule has 1 unspecified atom stereocenters. The summed E-state index contributed by atoms with van der Waals surface area (Å²) in [6, 6.07) is 0. The van der Waals surface area contributed by atoms with E-state index >= 15 is 0 Å². The third-order valence-electron chi connectivity index (χ3n) is 4.03. The van der Waals surface area contributed by atoms with Crippen LogP contribution in [0.25, 0.3) is 0 Å². The molecule has 2 N–H and O–H groups in total. The van der Waals surface area contributed by atoms with E-state index in [4.69, 9.17) is 5.11 Å². The zero-order chi connectivity index (χ0) is 15.1. The minimum Gasteiger partial charge on any atom is -0.396 e. The Bertz CT molecular complexity index is 211. The quantitative estimate of drug-likeness (QED) is 0.328. The molecule has 0 aromatic rings. The SMILES string of the molecule is C=CC(C)(O)CCCCCCCCCCCCCCO. The van der Waals surface area contributed by atoms with Gasteiger partial charge >= 0.3 is 0 Å². The molecule has 0 spiro atoms. The molecule has 0 bridgehead atoms. The van der Waals surface area contributed by atoms with Crippen LogP contribution in [0.3, 0.4) is 0 Å². The number of unbranched alkanes of at least 4 members (excludes halogenated alkanes) is 11. The van der Waals surface area contributed by atoms with Crippen molar-refractivity contribution in [3.05, 3.63) is 12.7 Å². The standard InChI is InChI=1S/C18H36O2/c1-3-18(2,20)16-14-12-10-8-6-4-5-7-9-11-13-15-17-19/h3,19-20H,1,4-17H2,2H3. The lowest BCUT2D eigenvalue weighted by atomic mass is 9.97. The highest BCUT2D eigenvalue weighted by Crippen LogP contribution is 2.17. The summed E-state index contributed by atoms with van der Waals surface area (Å²) in [5, 5.41) is 18.4. The summed E-state index contributed by atoms with van der Waals surface area (Å²) in [6.45, 7) is 5.83. The largest absolute Gasteiger partial charge is 0.396 e. The van der Waals surface area contributed by atoms with Gasteiger partial charge in [0, 0.05) is 6.61 Å². The molecule has 0 aliphatic rings. The first kappa shape index (κ1) is 19.7. The van der Waals surface area contributed by atoms with Gasteiger partial charge in [0.05, 0.1) is 5.60 Å². The first-order valence-corrected chi connectivity index (χ1v) is 8.59. The van der Waals surface area contributed by atoms with Gasteiger partial charge < -0.3 is 10.2 Å². The van der Waals surface area contributed by atoms with Gasteiger partial charge in [0.15, 0.2) is 0 Å². The monoisotopic (exact) mass is 284 g/mol. The van der Waals surface area contributed by atoms with Gasteiger partial charge in [-0.05, 0) is 19.8 Å². The molecule has 1 atom stereocenters. The Morgan fingerprint density at radius 1 is 0.750 bits per heavy atom. The van der Waals surface area contributed by atoms with E-state index in [2.05, 4.69) is 6.58 Å². The molecular formula is C18H36O2. The van der Waals surface area contributed by atoms with E-state index in [-0.39, 0.29) is 0 Å². The maximum atomic E-state index is 9.77. The van der Waals surface area contributed by atoms with Crippen LogP contribution in [0.4, 0.5) is 0 Å². The van der Waals surface area contributed by atoms with Crippen molar-refractivity contribution in [2.75, 3.05) is 6.61 Å².